The molecule has 0 heterocycles. The molecule has 0 aromatic heterocycles. The normalized spacial score (nSPS) is 9.90. The molecule has 0 amide bonds. The van der Waals surface area contributed by atoms with Gasteiger partial charge in [-0.25, -0.2) is 8.78 Å². The zero-order valence-electron chi connectivity index (χ0n) is 10.9. The van der Waals surface area contributed by atoms with Crippen molar-refractivity contribution in [2.45, 2.75) is 6.61 Å². The van der Waals surface area contributed by atoms with E-state index in [-0.39, 0.29) is 18.2 Å². The van der Waals surface area contributed by atoms with E-state index >= 15 is 0 Å². The van der Waals surface area contributed by atoms with Crippen LogP contribution in [0.25, 0.3) is 0 Å². The maximum absolute atomic E-state index is 13.2. The smallest absolute Gasteiger partial charge is 0.138 e. The summed E-state index contributed by atoms with van der Waals surface area (Å²) in [5, 5.41) is 8.86. The monoisotopic (exact) mass is 308 g/mol. The lowest BCUT2D eigenvalue weighted by molar-refractivity contribution is 0.305. The van der Waals surface area contributed by atoms with E-state index in [1.807, 2.05) is 0 Å². The van der Waals surface area contributed by atoms with Gasteiger partial charge in [0.25, 0.3) is 0 Å². The second-order valence-corrected chi connectivity index (χ2v) is 4.53. The topological polar surface area (TPSA) is 29.5 Å². The van der Waals surface area contributed by atoms with Crippen LogP contribution >= 0.6 is 11.6 Å². The molecule has 0 saturated heterocycles. The van der Waals surface area contributed by atoms with Crippen LogP contribution in [0.5, 0.6) is 5.75 Å². The number of aliphatic hydroxyl groups is 1. The Morgan fingerprint density at radius 3 is 2.52 bits per heavy atom. The molecule has 0 atom stereocenters. The quantitative estimate of drug-likeness (QED) is 0.879. The van der Waals surface area contributed by atoms with Gasteiger partial charge in [0, 0.05) is 11.1 Å². The molecule has 2 aromatic rings. The molecule has 0 radical (unpaired) electrons. The van der Waals surface area contributed by atoms with Crippen LogP contribution in [0.3, 0.4) is 0 Å². The van der Waals surface area contributed by atoms with Crippen molar-refractivity contribution in [3.8, 4) is 17.6 Å². The molecule has 0 fully saturated rings. The van der Waals surface area contributed by atoms with Crippen molar-refractivity contribution < 1.29 is 18.6 Å². The molecule has 21 heavy (non-hydrogen) atoms. The van der Waals surface area contributed by atoms with Crippen LogP contribution in [0.4, 0.5) is 8.78 Å². The standard InChI is InChI=1S/C16H11ClF2O2/c17-15-9-14(19)5-6-16(15)21-10-12-3-4-13(18)8-11(12)2-1-7-20/h3-6,8-9,20H,7,10H2. The Hall–Kier alpha value is -2.09. The number of hydrogen-bond acceptors (Lipinski definition) is 2. The summed E-state index contributed by atoms with van der Waals surface area (Å²) >= 11 is 5.86. The lowest BCUT2D eigenvalue weighted by Gasteiger charge is -2.09. The van der Waals surface area contributed by atoms with Crippen molar-refractivity contribution in [1.29, 1.82) is 0 Å². The molecule has 0 spiro atoms. The van der Waals surface area contributed by atoms with Gasteiger partial charge in [-0.15, -0.1) is 0 Å². The summed E-state index contributed by atoms with van der Waals surface area (Å²) in [7, 11) is 0. The number of ether oxygens (including phenoxy) is 1. The first-order valence-corrected chi connectivity index (χ1v) is 6.44. The molecule has 1 N–H and O–H groups in total. The van der Waals surface area contributed by atoms with Crippen LogP contribution in [0.1, 0.15) is 11.1 Å². The highest BCUT2D eigenvalue weighted by molar-refractivity contribution is 6.32. The van der Waals surface area contributed by atoms with E-state index in [0.717, 1.165) is 6.07 Å². The van der Waals surface area contributed by atoms with Gasteiger partial charge in [0.1, 0.15) is 30.6 Å². The predicted molar refractivity (Wildman–Crippen MR) is 76.1 cm³/mol. The molecule has 2 nitrogen and oxygen atoms in total. The Bertz CT molecular complexity index is 705. The molecular formula is C16H11ClF2O2. The van der Waals surface area contributed by atoms with E-state index in [1.54, 1.807) is 0 Å². The highest BCUT2D eigenvalue weighted by atomic mass is 35.5. The van der Waals surface area contributed by atoms with E-state index in [0.29, 0.717) is 16.9 Å². The Morgan fingerprint density at radius 1 is 1.10 bits per heavy atom. The number of aliphatic hydroxyl groups excluding tert-OH is 1. The second-order valence-electron chi connectivity index (χ2n) is 4.12. The van der Waals surface area contributed by atoms with Gasteiger partial charge in [0.05, 0.1) is 5.02 Å². The lowest BCUT2D eigenvalue weighted by Crippen LogP contribution is -2.00. The largest absolute Gasteiger partial charge is 0.487 e. The zero-order chi connectivity index (χ0) is 15.2. The Balaban J connectivity index is 2.19. The molecule has 0 aliphatic heterocycles. The van der Waals surface area contributed by atoms with E-state index in [4.69, 9.17) is 21.4 Å². The molecular weight excluding hydrogens is 298 g/mol. The van der Waals surface area contributed by atoms with Gasteiger partial charge in [0.15, 0.2) is 0 Å². The third-order valence-corrected chi connectivity index (χ3v) is 2.95. The molecule has 0 unspecified atom stereocenters. The highest BCUT2D eigenvalue weighted by Gasteiger charge is 2.06. The SMILES string of the molecule is OCC#Cc1cc(F)ccc1COc1ccc(F)cc1Cl. The van der Waals surface area contributed by atoms with Gasteiger partial charge in [-0.1, -0.05) is 29.5 Å². The molecule has 0 bridgehead atoms. The minimum Gasteiger partial charge on any atom is -0.487 e. The van der Waals surface area contributed by atoms with Gasteiger partial charge in [-0.2, -0.15) is 0 Å². The summed E-state index contributed by atoms with van der Waals surface area (Å²) in [5.41, 5.74) is 1.06. The second kappa shape index (κ2) is 7.07. The van der Waals surface area contributed by atoms with E-state index < -0.39 is 11.6 Å². The molecule has 0 aliphatic rings. The van der Waals surface area contributed by atoms with Crippen LogP contribution in [-0.4, -0.2) is 11.7 Å². The summed E-state index contributed by atoms with van der Waals surface area (Å²) in [5.74, 6) is 4.55. The van der Waals surface area contributed by atoms with Crippen LogP contribution < -0.4 is 4.74 Å². The average Bonchev–Trinajstić information content (AvgIpc) is 2.45. The fourth-order valence-corrected chi connectivity index (χ4v) is 1.90. The number of hydrogen-bond donors (Lipinski definition) is 1. The first kappa shape index (κ1) is 15.3. The zero-order valence-corrected chi connectivity index (χ0v) is 11.6. The van der Waals surface area contributed by atoms with Crippen molar-refractivity contribution in [2.24, 2.45) is 0 Å². The van der Waals surface area contributed by atoms with E-state index in [1.165, 1.54) is 30.3 Å². The number of rotatable bonds is 3. The van der Waals surface area contributed by atoms with Crippen LogP contribution in [-0.2, 0) is 6.61 Å². The maximum Gasteiger partial charge on any atom is 0.138 e. The molecule has 108 valence electrons. The van der Waals surface area contributed by atoms with Crippen LogP contribution in [0.15, 0.2) is 36.4 Å². The average molecular weight is 309 g/mol. The third kappa shape index (κ3) is 4.19. The third-order valence-electron chi connectivity index (χ3n) is 2.65. The van der Waals surface area contributed by atoms with E-state index in [2.05, 4.69) is 11.8 Å². The Morgan fingerprint density at radius 2 is 1.81 bits per heavy atom. The first-order chi connectivity index (χ1) is 10.1. The summed E-state index contributed by atoms with van der Waals surface area (Å²) in [6.07, 6.45) is 0. The van der Waals surface area contributed by atoms with Gasteiger partial charge < -0.3 is 9.84 Å². The van der Waals surface area contributed by atoms with Gasteiger partial charge in [0.2, 0.25) is 0 Å². The van der Waals surface area contributed by atoms with Crippen molar-refractivity contribution in [3.05, 3.63) is 64.2 Å². The van der Waals surface area contributed by atoms with Crippen LogP contribution in [0.2, 0.25) is 5.02 Å². The minimum absolute atomic E-state index is 0.0983. The molecule has 2 aromatic carbocycles. The first-order valence-electron chi connectivity index (χ1n) is 6.06. The van der Waals surface area contributed by atoms with Crippen molar-refractivity contribution >= 4 is 11.6 Å². The summed E-state index contributed by atoms with van der Waals surface area (Å²) in [6, 6.07) is 7.88. The van der Waals surface area contributed by atoms with Crippen molar-refractivity contribution in [1.82, 2.24) is 0 Å². The number of halogens is 3. The predicted octanol–water partition coefficient (Wildman–Crippen LogP) is 3.54. The Labute approximate surface area is 125 Å². The van der Waals surface area contributed by atoms with Gasteiger partial charge >= 0.3 is 0 Å². The lowest BCUT2D eigenvalue weighted by atomic mass is 10.1. The van der Waals surface area contributed by atoms with Gasteiger partial charge in [-0.05, 0) is 30.3 Å². The minimum atomic E-state index is -0.455. The molecule has 2 rings (SSSR count). The van der Waals surface area contributed by atoms with E-state index in [9.17, 15) is 8.78 Å². The highest BCUT2D eigenvalue weighted by Crippen LogP contribution is 2.26. The maximum atomic E-state index is 13.2. The van der Waals surface area contributed by atoms with Gasteiger partial charge in [-0.3, -0.25) is 0 Å². The van der Waals surface area contributed by atoms with Crippen molar-refractivity contribution in [3.63, 3.8) is 0 Å². The summed E-state index contributed by atoms with van der Waals surface area (Å²) in [6.45, 7) is -0.221. The molecule has 5 heteroatoms. The van der Waals surface area contributed by atoms with Crippen molar-refractivity contribution in [2.75, 3.05) is 6.61 Å². The number of benzene rings is 2. The molecule has 0 aliphatic carbocycles. The summed E-state index contributed by atoms with van der Waals surface area (Å²) < 4.78 is 31.6. The fraction of sp³-hybridized carbons (Fsp3) is 0.125. The molecule has 0 saturated carbocycles. The fourth-order valence-electron chi connectivity index (χ4n) is 1.67. The van der Waals surface area contributed by atoms with Crippen LogP contribution in [0, 0.1) is 23.5 Å². The summed E-state index contributed by atoms with van der Waals surface area (Å²) in [4.78, 5) is 0. The Kier molecular flexibility index (Phi) is 5.15.